The van der Waals surface area contributed by atoms with Crippen LogP contribution in [-0.2, 0) is 5.54 Å². The minimum absolute atomic E-state index is 0.297. The third-order valence-electron chi connectivity index (χ3n) is 6.81. The van der Waals surface area contributed by atoms with Gasteiger partial charge in [-0.3, -0.25) is 0 Å². The van der Waals surface area contributed by atoms with E-state index in [0.717, 1.165) is 0 Å². The maximum atomic E-state index is 7.32. The molecule has 2 N–H and O–H groups in total. The summed E-state index contributed by atoms with van der Waals surface area (Å²) < 4.78 is 0. The second-order valence-corrected chi connectivity index (χ2v) is 7.70. The summed E-state index contributed by atoms with van der Waals surface area (Å²) in [4.78, 5) is 0. The van der Waals surface area contributed by atoms with Crippen molar-refractivity contribution in [3.8, 4) is 0 Å². The molecule has 124 valence electrons. The first-order chi connectivity index (χ1) is 12.0. The Kier molecular flexibility index (Phi) is 2.76. The number of benzene rings is 3. The first kappa shape index (κ1) is 14.9. The zero-order chi connectivity index (χ0) is 17.5. The third kappa shape index (κ3) is 1.54. The molecular weight excluding hydrogens is 302 g/mol. The molecule has 0 radical (unpaired) electrons. The van der Waals surface area contributed by atoms with Crippen LogP contribution in [0.1, 0.15) is 61.6 Å². The summed E-state index contributed by atoms with van der Waals surface area (Å²) >= 11 is 0. The zero-order valence-corrected chi connectivity index (χ0v) is 15.3. The van der Waals surface area contributed by atoms with Crippen LogP contribution in [0.3, 0.4) is 0 Å². The Labute approximate surface area is 149 Å². The molecule has 0 saturated heterocycles. The molecule has 0 heterocycles. The maximum Gasteiger partial charge on any atom is 0.0934 e. The molecule has 0 aliphatic heterocycles. The number of rotatable bonds is 0. The van der Waals surface area contributed by atoms with Crippen LogP contribution in [0, 0.1) is 27.7 Å². The van der Waals surface area contributed by atoms with Crippen molar-refractivity contribution in [1.29, 1.82) is 0 Å². The van der Waals surface area contributed by atoms with Crippen molar-refractivity contribution < 1.29 is 0 Å². The van der Waals surface area contributed by atoms with Crippen molar-refractivity contribution in [3.05, 3.63) is 104 Å². The van der Waals surface area contributed by atoms with Crippen molar-refractivity contribution >= 4 is 0 Å². The van der Waals surface area contributed by atoms with Gasteiger partial charge in [-0.25, -0.2) is 0 Å². The normalized spacial score (nSPS) is 22.4. The lowest BCUT2D eigenvalue weighted by atomic mass is 9.55. The molecule has 0 fully saturated rings. The summed E-state index contributed by atoms with van der Waals surface area (Å²) in [6.45, 7) is 9.01. The SMILES string of the molecule is Cc1c(C)c(C)c2c(c1C)C1c3ccccc3C2(N)c2ccccc21. The maximum absolute atomic E-state index is 7.32. The van der Waals surface area contributed by atoms with Crippen molar-refractivity contribution in [2.45, 2.75) is 39.2 Å². The van der Waals surface area contributed by atoms with E-state index in [1.165, 1.54) is 55.6 Å². The molecule has 0 aromatic heterocycles. The van der Waals surface area contributed by atoms with Crippen LogP contribution in [0.2, 0.25) is 0 Å². The van der Waals surface area contributed by atoms with Crippen LogP contribution in [-0.4, -0.2) is 0 Å². The first-order valence-electron chi connectivity index (χ1n) is 9.06. The predicted molar refractivity (Wildman–Crippen MR) is 103 cm³/mol. The average Bonchev–Trinajstić information content (AvgIpc) is 2.64. The van der Waals surface area contributed by atoms with Gasteiger partial charge in [0.25, 0.3) is 0 Å². The van der Waals surface area contributed by atoms with E-state index in [-0.39, 0.29) is 0 Å². The van der Waals surface area contributed by atoms with Gasteiger partial charge in [-0.05, 0) is 83.3 Å². The standard InChI is InChI=1S/C24H23N/c1-13-14(2)16(4)23-21(15(13)3)22-17-9-5-7-11-19(17)24(23,25)20-12-8-6-10-18(20)22/h5-12,22H,25H2,1-4H3. The van der Waals surface area contributed by atoms with E-state index in [9.17, 15) is 0 Å². The third-order valence-corrected chi connectivity index (χ3v) is 6.81. The first-order valence-corrected chi connectivity index (χ1v) is 9.06. The van der Waals surface area contributed by atoms with Crippen molar-refractivity contribution in [2.24, 2.45) is 5.73 Å². The van der Waals surface area contributed by atoms with Crippen LogP contribution >= 0.6 is 0 Å². The molecule has 3 aromatic rings. The highest BCUT2D eigenvalue weighted by molar-refractivity contribution is 5.75. The molecule has 0 spiro atoms. The van der Waals surface area contributed by atoms with E-state index in [4.69, 9.17) is 5.73 Å². The monoisotopic (exact) mass is 325 g/mol. The summed E-state index contributed by atoms with van der Waals surface area (Å²) in [5, 5.41) is 0. The molecule has 3 aromatic carbocycles. The molecule has 3 aliphatic carbocycles. The smallest absolute Gasteiger partial charge is 0.0934 e. The molecular formula is C24H23N. The Morgan fingerprint density at radius 3 is 1.72 bits per heavy atom. The van der Waals surface area contributed by atoms with Crippen LogP contribution < -0.4 is 5.73 Å². The molecule has 1 nitrogen and oxygen atoms in total. The van der Waals surface area contributed by atoms with Gasteiger partial charge in [0.15, 0.2) is 0 Å². The second-order valence-electron chi connectivity index (χ2n) is 7.70. The van der Waals surface area contributed by atoms with Crippen molar-refractivity contribution in [3.63, 3.8) is 0 Å². The van der Waals surface area contributed by atoms with Gasteiger partial charge in [-0.15, -0.1) is 0 Å². The summed E-state index contributed by atoms with van der Waals surface area (Å²) in [6, 6.07) is 17.5. The van der Waals surface area contributed by atoms with Crippen LogP contribution in [0.15, 0.2) is 48.5 Å². The number of hydrogen-bond donors (Lipinski definition) is 1. The molecule has 0 atom stereocenters. The van der Waals surface area contributed by atoms with Gasteiger partial charge in [-0.2, -0.15) is 0 Å². The fourth-order valence-electron chi connectivity index (χ4n) is 5.32. The van der Waals surface area contributed by atoms with Crippen LogP contribution in [0.5, 0.6) is 0 Å². The van der Waals surface area contributed by atoms with Crippen LogP contribution in [0.25, 0.3) is 0 Å². The van der Waals surface area contributed by atoms with E-state index in [0.29, 0.717) is 5.92 Å². The molecule has 3 aliphatic rings. The number of nitrogens with two attached hydrogens (primary N) is 1. The highest BCUT2D eigenvalue weighted by Gasteiger charge is 2.51. The Hall–Kier alpha value is -2.38. The quantitative estimate of drug-likeness (QED) is 0.620. The average molecular weight is 325 g/mol. The lowest BCUT2D eigenvalue weighted by Crippen LogP contribution is -2.49. The predicted octanol–water partition coefficient (Wildman–Crippen LogP) is 4.98. The summed E-state index contributed by atoms with van der Waals surface area (Å²) in [5.41, 5.74) is 20.4. The highest BCUT2D eigenvalue weighted by atomic mass is 14.8. The van der Waals surface area contributed by atoms with Gasteiger partial charge in [-0.1, -0.05) is 48.5 Å². The fraction of sp³-hybridized carbons (Fsp3) is 0.250. The van der Waals surface area contributed by atoms with E-state index < -0.39 is 5.54 Å². The molecule has 1 heteroatoms. The molecule has 0 saturated carbocycles. The molecule has 6 rings (SSSR count). The Morgan fingerprint density at radius 1 is 0.680 bits per heavy atom. The molecule has 25 heavy (non-hydrogen) atoms. The van der Waals surface area contributed by atoms with Gasteiger partial charge in [0, 0.05) is 5.92 Å². The fourth-order valence-corrected chi connectivity index (χ4v) is 5.32. The van der Waals surface area contributed by atoms with Gasteiger partial charge in [0.05, 0.1) is 5.54 Å². The molecule has 0 amide bonds. The van der Waals surface area contributed by atoms with Crippen molar-refractivity contribution in [1.82, 2.24) is 0 Å². The molecule has 2 bridgehead atoms. The van der Waals surface area contributed by atoms with Gasteiger partial charge >= 0.3 is 0 Å². The van der Waals surface area contributed by atoms with Gasteiger partial charge in [0.1, 0.15) is 0 Å². The summed E-state index contributed by atoms with van der Waals surface area (Å²) in [6.07, 6.45) is 0. The lowest BCUT2D eigenvalue weighted by molar-refractivity contribution is 0.559. The summed E-state index contributed by atoms with van der Waals surface area (Å²) in [7, 11) is 0. The second kappa shape index (κ2) is 4.62. The largest absolute Gasteiger partial charge is 0.314 e. The van der Waals surface area contributed by atoms with Gasteiger partial charge < -0.3 is 5.73 Å². The summed E-state index contributed by atoms with van der Waals surface area (Å²) in [5.74, 6) is 0.297. The highest BCUT2D eigenvalue weighted by Crippen LogP contribution is 2.58. The topological polar surface area (TPSA) is 26.0 Å². The van der Waals surface area contributed by atoms with E-state index in [2.05, 4.69) is 76.2 Å². The minimum atomic E-state index is -0.551. The minimum Gasteiger partial charge on any atom is -0.314 e. The van der Waals surface area contributed by atoms with Crippen molar-refractivity contribution in [2.75, 3.05) is 0 Å². The Morgan fingerprint density at radius 2 is 1.16 bits per heavy atom. The number of hydrogen-bond acceptors (Lipinski definition) is 1. The van der Waals surface area contributed by atoms with E-state index >= 15 is 0 Å². The van der Waals surface area contributed by atoms with Crippen LogP contribution in [0.4, 0.5) is 0 Å². The zero-order valence-electron chi connectivity index (χ0n) is 15.3. The lowest BCUT2D eigenvalue weighted by Gasteiger charge is -2.50. The Balaban J connectivity index is 2.04. The van der Waals surface area contributed by atoms with Gasteiger partial charge in [0.2, 0.25) is 0 Å². The molecule has 0 unspecified atom stereocenters. The Bertz CT molecular complexity index is 1010. The van der Waals surface area contributed by atoms with E-state index in [1.807, 2.05) is 0 Å². The van der Waals surface area contributed by atoms with E-state index in [1.54, 1.807) is 0 Å².